The molecule has 7 rings (SSSR count). The zero-order chi connectivity index (χ0) is 15.7. The van der Waals surface area contributed by atoms with Crippen molar-refractivity contribution >= 4 is 0 Å². The van der Waals surface area contributed by atoms with E-state index in [9.17, 15) is 0 Å². The Hall–Kier alpha value is 0. The zero-order valence-corrected chi connectivity index (χ0v) is 15.7. The van der Waals surface area contributed by atoms with Crippen LogP contribution >= 0.6 is 0 Å². The topological polar surface area (TPSA) is 0 Å². The second kappa shape index (κ2) is 4.45. The van der Waals surface area contributed by atoms with Crippen molar-refractivity contribution in [2.24, 2.45) is 82.9 Å². The van der Waals surface area contributed by atoms with E-state index >= 15 is 0 Å². The summed E-state index contributed by atoms with van der Waals surface area (Å²) in [5.41, 5.74) is 0. The highest BCUT2D eigenvalue weighted by atomic mass is 14.8. The third-order valence-electron chi connectivity index (χ3n) is 11.7. The second-order valence-corrected chi connectivity index (χ2v) is 11.5. The number of hydrogen-bond donors (Lipinski definition) is 0. The van der Waals surface area contributed by atoms with Crippen LogP contribution in [0.15, 0.2) is 0 Å². The van der Waals surface area contributed by atoms with Crippen LogP contribution in [0.3, 0.4) is 0 Å². The fraction of sp³-hybridized carbons (Fsp3) is 1.00. The Bertz CT molecular complexity index is 518. The van der Waals surface area contributed by atoms with Crippen LogP contribution in [0.4, 0.5) is 0 Å². The third-order valence-corrected chi connectivity index (χ3v) is 11.7. The molecule has 0 nitrogen and oxygen atoms in total. The molecule has 0 heterocycles. The summed E-state index contributed by atoms with van der Waals surface area (Å²) >= 11 is 0. The van der Waals surface area contributed by atoms with E-state index in [-0.39, 0.29) is 0 Å². The molecule has 0 heteroatoms. The molecule has 0 aromatic rings. The lowest BCUT2D eigenvalue weighted by molar-refractivity contribution is -0.0211. The van der Waals surface area contributed by atoms with Crippen molar-refractivity contribution in [2.45, 2.75) is 65.2 Å². The molecular formula is C24H36. The van der Waals surface area contributed by atoms with Gasteiger partial charge in [0.2, 0.25) is 0 Å². The van der Waals surface area contributed by atoms with Gasteiger partial charge in [-0.15, -0.1) is 0 Å². The Labute approximate surface area is 148 Å². The molecule has 7 fully saturated rings. The molecule has 0 aliphatic heterocycles. The third kappa shape index (κ3) is 1.34. The maximum Gasteiger partial charge on any atom is -0.0318 e. The SMILES string of the molecule is CCC1CC(CC)C2C3CC(C12)C1C2CC(C4C5CCC(C5)C24)C31. The molecule has 14 unspecified atom stereocenters. The second-order valence-electron chi connectivity index (χ2n) is 11.5. The van der Waals surface area contributed by atoms with Gasteiger partial charge < -0.3 is 0 Å². The summed E-state index contributed by atoms with van der Waals surface area (Å²) in [6, 6.07) is 0. The van der Waals surface area contributed by atoms with Gasteiger partial charge in [-0.05, 0) is 121 Å². The highest BCUT2D eigenvalue weighted by Gasteiger charge is 2.74. The molecule has 0 aromatic heterocycles. The fourth-order valence-corrected chi connectivity index (χ4v) is 11.8. The van der Waals surface area contributed by atoms with Gasteiger partial charge in [-0.2, -0.15) is 0 Å². The summed E-state index contributed by atoms with van der Waals surface area (Å²) in [4.78, 5) is 0. The molecule has 0 saturated heterocycles. The van der Waals surface area contributed by atoms with Crippen molar-refractivity contribution < 1.29 is 0 Å². The Balaban J connectivity index is 1.28. The van der Waals surface area contributed by atoms with E-state index in [0.29, 0.717) is 0 Å². The van der Waals surface area contributed by atoms with E-state index in [2.05, 4.69) is 13.8 Å². The molecule has 24 heavy (non-hydrogen) atoms. The summed E-state index contributed by atoms with van der Waals surface area (Å²) in [6.07, 6.45) is 12.9. The molecule has 0 amide bonds. The Morgan fingerprint density at radius 1 is 0.500 bits per heavy atom. The quantitative estimate of drug-likeness (QED) is 0.557. The zero-order valence-electron chi connectivity index (χ0n) is 15.7. The lowest BCUT2D eigenvalue weighted by Gasteiger charge is -2.49. The lowest BCUT2D eigenvalue weighted by Crippen LogP contribution is -2.45. The molecule has 0 radical (unpaired) electrons. The monoisotopic (exact) mass is 324 g/mol. The predicted molar refractivity (Wildman–Crippen MR) is 97.1 cm³/mol. The van der Waals surface area contributed by atoms with Crippen molar-refractivity contribution in [2.75, 3.05) is 0 Å². The summed E-state index contributed by atoms with van der Waals surface area (Å²) in [7, 11) is 0. The van der Waals surface area contributed by atoms with Gasteiger partial charge in [-0.25, -0.2) is 0 Å². The maximum absolute atomic E-state index is 2.51. The predicted octanol–water partition coefficient (Wildman–Crippen LogP) is 5.87. The first kappa shape index (κ1) is 14.1. The number of hydrogen-bond acceptors (Lipinski definition) is 0. The van der Waals surface area contributed by atoms with Gasteiger partial charge >= 0.3 is 0 Å². The highest BCUT2D eigenvalue weighted by Crippen LogP contribution is 2.80. The molecule has 14 atom stereocenters. The van der Waals surface area contributed by atoms with Crippen LogP contribution in [0.25, 0.3) is 0 Å². The fourth-order valence-electron chi connectivity index (χ4n) is 11.8. The maximum atomic E-state index is 2.51. The van der Waals surface area contributed by atoms with Crippen molar-refractivity contribution in [1.29, 1.82) is 0 Å². The molecule has 7 saturated carbocycles. The average Bonchev–Trinajstić information content (AvgIpc) is 3.43. The molecule has 0 spiro atoms. The van der Waals surface area contributed by atoms with E-state index in [1.54, 1.807) is 38.5 Å². The van der Waals surface area contributed by atoms with Gasteiger partial charge in [0.15, 0.2) is 0 Å². The van der Waals surface area contributed by atoms with Crippen molar-refractivity contribution in [3.8, 4) is 0 Å². The summed E-state index contributed by atoms with van der Waals surface area (Å²) < 4.78 is 0. The van der Waals surface area contributed by atoms with Crippen LogP contribution < -0.4 is 0 Å². The average molecular weight is 325 g/mol. The molecule has 0 aromatic carbocycles. The lowest BCUT2D eigenvalue weighted by atomic mass is 9.55. The summed E-state index contributed by atoms with van der Waals surface area (Å²) in [5.74, 6) is 16.7. The van der Waals surface area contributed by atoms with Crippen molar-refractivity contribution in [3.05, 3.63) is 0 Å². The number of fused-ring (bicyclic) bond motifs is 19. The summed E-state index contributed by atoms with van der Waals surface area (Å²) in [6.45, 7) is 5.02. The van der Waals surface area contributed by atoms with E-state index in [1.807, 2.05) is 0 Å². The smallest absolute Gasteiger partial charge is 0.0318 e. The minimum atomic E-state index is 1.12. The number of rotatable bonds is 2. The largest absolute Gasteiger partial charge is 0.0651 e. The van der Waals surface area contributed by atoms with Crippen LogP contribution in [0.5, 0.6) is 0 Å². The minimum Gasteiger partial charge on any atom is -0.0651 e. The molecule has 132 valence electrons. The Morgan fingerprint density at radius 3 is 1.42 bits per heavy atom. The van der Waals surface area contributed by atoms with E-state index in [1.165, 1.54) is 83.9 Å². The van der Waals surface area contributed by atoms with E-state index < -0.39 is 0 Å². The molecule has 7 aliphatic rings. The van der Waals surface area contributed by atoms with Crippen LogP contribution in [0.2, 0.25) is 0 Å². The highest BCUT2D eigenvalue weighted by molar-refractivity contribution is 5.22. The van der Waals surface area contributed by atoms with Gasteiger partial charge in [0, 0.05) is 0 Å². The van der Waals surface area contributed by atoms with Gasteiger partial charge in [-0.3, -0.25) is 0 Å². The molecule has 0 N–H and O–H groups in total. The van der Waals surface area contributed by atoms with E-state index in [0.717, 1.165) is 11.8 Å². The first-order chi connectivity index (χ1) is 11.8. The van der Waals surface area contributed by atoms with Gasteiger partial charge in [-0.1, -0.05) is 26.7 Å². The van der Waals surface area contributed by atoms with Crippen LogP contribution in [-0.2, 0) is 0 Å². The Morgan fingerprint density at radius 2 is 0.958 bits per heavy atom. The van der Waals surface area contributed by atoms with Gasteiger partial charge in [0.05, 0.1) is 0 Å². The first-order valence-corrected chi connectivity index (χ1v) is 11.8. The molecule has 7 aliphatic carbocycles. The van der Waals surface area contributed by atoms with Crippen molar-refractivity contribution in [3.63, 3.8) is 0 Å². The van der Waals surface area contributed by atoms with Crippen LogP contribution in [0, 0.1) is 82.9 Å². The summed E-state index contributed by atoms with van der Waals surface area (Å²) in [5, 5.41) is 0. The van der Waals surface area contributed by atoms with Gasteiger partial charge in [0.25, 0.3) is 0 Å². The van der Waals surface area contributed by atoms with Crippen LogP contribution in [-0.4, -0.2) is 0 Å². The van der Waals surface area contributed by atoms with Crippen LogP contribution in [0.1, 0.15) is 65.2 Å². The standard InChI is InChI=1S/C24H36/c1-3-11-7-12(4-2)20-16-9-15(19(11)20)23-17-10-18(24(16)23)22-14-6-5-13(8-14)21(17)22/h11-24H,3-10H2,1-2H3. The first-order valence-electron chi connectivity index (χ1n) is 11.8. The molecule has 6 bridgehead atoms. The van der Waals surface area contributed by atoms with Crippen molar-refractivity contribution in [1.82, 2.24) is 0 Å². The van der Waals surface area contributed by atoms with Gasteiger partial charge in [0.1, 0.15) is 0 Å². The normalized spacial score (nSPS) is 70.2. The Kier molecular flexibility index (Phi) is 2.62. The minimum absolute atomic E-state index is 1.12. The molecular weight excluding hydrogens is 288 g/mol. The van der Waals surface area contributed by atoms with E-state index in [4.69, 9.17) is 0 Å².